The molecule has 0 spiro atoms. The number of rotatable bonds is 8. The van der Waals surface area contributed by atoms with Crippen LogP contribution in [0.2, 0.25) is 0 Å². The second-order valence-electron chi connectivity index (χ2n) is 8.30. The number of aryl methyl sites for hydroxylation is 1. The number of aromatic nitrogens is 3. The topological polar surface area (TPSA) is 92.5 Å². The van der Waals surface area contributed by atoms with Crippen molar-refractivity contribution in [3.8, 4) is 17.0 Å². The molecule has 1 saturated carbocycles. The minimum atomic E-state index is -3.42. The van der Waals surface area contributed by atoms with Crippen molar-refractivity contribution in [2.24, 2.45) is 7.05 Å². The third-order valence-electron chi connectivity index (χ3n) is 5.95. The van der Waals surface area contributed by atoms with E-state index in [0.29, 0.717) is 5.88 Å². The number of benzene rings is 1. The van der Waals surface area contributed by atoms with Crippen molar-refractivity contribution in [3.05, 3.63) is 55.0 Å². The highest BCUT2D eigenvalue weighted by atomic mass is 32.2. The van der Waals surface area contributed by atoms with Crippen LogP contribution in [-0.2, 0) is 26.1 Å². The number of pyridine rings is 2. The summed E-state index contributed by atoms with van der Waals surface area (Å²) in [4.78, 5) is 8.74. The van der Waals surface area contributed by atoms with Gasteiger partial charge in [-0.25, -0.2) is 4.98 Å². The molecule has 1 fully saturated rings. The van der Waals surface area contributed by atoms with E-state index in [9.17, 15) is 8.42 Å². The lowest BCUT2D eigenvalue weighted by molar-refractivity contribution is -0.0677. The number of hydrogen-bond donors (Lipinski definition) is 0. The fourth-order valence-corrected chi connectivity index (χ4v) is 4.55. The van der Waals surface area contributed by atoms with E-state index in [2.05, 4.69) is 44.0 Å². The molecule has 1 aliphatic rings. The molecule has 33 heavy (non-hydrogen) atoms. The smallest absolute Gasteiger partial charge is 0.264 e. The Morgan fingerprint density at radius 1 is 0.970 bits per heavy atom. The first-order valence-electron chi connectivity index (χ1n) is 10.8. The highest BCUT2D eigenvalue weighted by Crippen LogP contribution is 2.32. The van der Waals surface area contributed by atoms with Gasteiger partial charge in [0, 0.05) is 66.4 Å². The van der Waals surface area contributed by atoms with Crippen molar-refractivity contribution in [1.29, 1.82) is 0 Å². The molecule has 3 heterocycles. The molecule has 9 heteroatoms. The zero-order chi connectivity index (χ0) is 23.0. The Morgan fingerprint density at radius 3 is 2.55 bits per heavy atom. The molecule has 0 amide bonds. The van der Waals surface area contributed by atoms with Gasteiger partial charge in [0.15, 0.2) is 0 Å². The summed E-state index contributed by atoms with van der Waals surface area (Å²) < 4.78 is 40.2. The van der Waals surface area contributed by atoms with Gasteiger partial charge < -0.3 is 14.0 Å². The third kappa shape index (κ3) is 4.71. The molecule has 172 valence electrons. The van der Waals surface area contributed by atoms with Crippen LogP contribution >= 0.6 is 0 Å². The van der Waals surface area contributed by atoms with Crippen LogP contribution in [0.5, 0.6) is 5.88 Å². The Hall–Kier alpha value is -3.01. The molecular formula is C24H25N3O5S. The Morgan fingerprint density at radius 2 is 1.79 bits per heavy atom. The van der Waals surface area contributed by atoms with Gasteiger partial charge in [0.05, 0.1) is 31.1 Å². The SMILES string of the molecule is Cn1c2ccncc2c2ccc(-c3ccc(O[C@H]4C[C@H](OCCOS(C)(=O)=O)C4)nc3)cc21. The Balaban J connectivity index is 1.19. The van der Waals surface area contributed by atoms with E-state index < -0.39 is 10.1 Å². The lowest BCUT2D eigenvalue weighted by Crippen LogP contribution is -2.40. The summed E-state index contributed by atoms with van der Waals surface area (Å²) in [5.74, 6) is 0.583. The van der Waals surface area contributed by atoms with Crippen molar-refractivity contribution >= 4 is 31.9 Å². The summed E-state index contributed by atoms with van der Waals surface area (Å²) >= 11 is 0. The Kier molecular flexibility index (Phi) is 5.77. The molecule has 5 rings (SSSR count). The predicted octanol–water partition coefficient (Wildman–Crippen LogP) is 3.69. The highest BCUT2D eigenvalue weighted by Gasteiger charge is 2.32. The van der Waals surface area contributed by atoms with Crippen LogP contribution < -0.4 is 4.74 Å². The summed E-state index contributed by atoms with van der Waals surface area (Å²) in [7, 11) is -1.35. The molecule has 0 unspecified atom stereocenters. The van der Waals surface area contributed by atoms with E-state index in [-0.39, 0.29) is 25.4 Å². The molecule has 0 radical (unpaired) electrons. The zero-order valence-electron chi connectivity index (χ0n) is 18.5. The molecule has 0 bridgehead atoms. The van der Waals surface area contributed by atoms with E-state index in [1.165, 1.54) is 5.39 Å². The minimum Gasteiger partial charge on any atom is -0.474 e. The van der Waals surface area contributed by atoms with Crippen LogP contribution in [0.25, 0.3) is 32.9 Å². The quantitative estimate of drug-likeness (QED) is 0.288. The van der Waals surface area contributed by atoms with E-state index in [4.69, 9.17) is 9.47 Å². The van der Waals surface area contributed by atoms with E-state index in [1.54, 1.807) is 0 Å². The van der Waals surface area contributed by atoms with Crippen LogP contribution in [0.3, 0.4) is 0 Å². The van der Waals surface area contributed by atoms with Gasteiger partial charge in [0.1, 0.15) is 6.10 Å². The summed E-state index contributed by atoms with van der Waals surface area (Å²) in [5, 5.41) is 2.33. The second kappa shape index (κ2) is 8.74. The maximum absolute atomic E-state index is 10.9. The minimum absolute atomic E-state index is 0.0331. The Bertz CT molecular complexity index is 1390. The average molecular weight is 468 g/mol. The molecule has 3 aromatic heterocycles. The van der Waals surface area contributed by atoms with Gasteiger partial charge >= 0.3 is 0 Å². The van der Waals surface area contributed by atoms with Gasteiger partial charge in [-0.1, -0.05) is 12.1 Å². The van der Waals surface area contributed by atoms with Gasteiger partial charge in [0.25, 0.3) is 10.1 Å². The summed E-state index contributed by atoms with van der Waals surface area (Å²) in [6.07, 6.45) is 8.17. The number of hydrogen-bond acceptors (Lipinski definition) is 7. The molecule has 0 atom stereocenters. The van der Waals surface area contributed by atoms with Crippen molar-refractivity contribution in [2.75, 3.05) is 19.5 Å². The van der Waals surface area contributed by atoms with Crippen molar-refractivity contribution in [3.63, 3.8) is 0 Å². The first-order valence-corrected chi connectivity index (χ1v) is 12.6. The normalized spacial score (nSPS) is 18.5. The average Bonchev–Trinajstić information content (AvgIpc) is 3.06. The monoisotopic (exact) mass is 467 g/mol. The van der Waals surface area contributed by atoms with Crippen LogP contribution in [-0.4, -0.2) is 54.6 Å². The van der Waals surface area contributed by atoms with Crippen LogP contribution in [0, 0.1) is 0 Å². The lowest BCUT2D eigenvalue weighted by atomic mass is 9.92. The Labute approximate surface area is 192 Å². The number of ether oxygens (including phenoxy) is 2. The van der Waals surface area contributed by atoms with Gasteiger partial charge in [0.2, 0.25) is 5.88 Å². The van der Waals surface area contributed by atoms with Crippen LogP contribution in [0.1, 0.15) is 12.8 Å². The van der Waals surface area contributed by atoms with Gasteiger partial charge in [-0.05, 0) is 23.8 Å². The maximum Gasteiger partial charge on any atom is 0.264 e. The van der Waals surface area contributed by atoms with E-state index >= 15 is 0 Å². The lowest BCUT2D eigenvalue weighted by Gasteiger charge is -2.34. The van der Waals surface area contributed by atoms with E-state index in [0.717, 1.165) is 46.6 Å². The van der Waals surface area contributed by atoms with Crippen molar-refractivity contribution < 1.29 is 22.1 Å². The fraction of sp³-hybridized carbons (Fsp3) is 0.333. The standard InChI is InChI=1S/C24H25N3O5S/c1-27-22-7-8-25-15-21(22)20-5-3-16(11-23(20)27)17-4-6-24(26-14-17)32-19-12-18(13-19)30-9-10-31-33(2,28)29/h3-8,11,14-15,18-19H,9-10,12-13H2,1-2H3/t18-,19-. The second-order valence-corrected chi connectivity index (χ2v) is 9.94. The molecule has 0 aliphatic heterocycles. The maximum atomic E-state index is 10.9. The first-order chi connectivity index (χ1) is 15.9. The van der Waals surface area contributed by atoms with Crippen molar-refractivity contribution in [2.45, 2.75) is 25.0 Å². The molecule has 8 nitrogen and oxygen atoms in total. The van der Waals surface area contributed by atoms with Crippen molar-refractivity contribution in [1.82, 2.24) is 14.5 Å². The zero-order valence-corrected chi connectivity index (χ0v) is 19.3. The molecule has 1 aliphatic carbocycles. The number of fused-ring (bicyclic) bond motifs is 3. The first kappa shape index (κ1) is 21.8. The molecule has 0 saturated heterocycles. The third-order valence-corrected chi connectivity index (χ3v) is 6.55. The summed E-state index contributed by atoms with van der Waals surface area (Å²) in [6, 6.07) is 12.3. The summed E-state index contributed by atoms with van der Waals surface area (Å²) in [6.45, 7) is 0.278. The molecule has 4 aromatic rings. The van der Waals surface area contributed by atoms with Crippen LogP contribution in [0.15, 0.2) is 55.0 Å². The fourth-order valence-electron chi connectivity index (χ4n) is 4.17. The van der Waals surface area contributed by atoms with E-state index in [1.807, 2.05) is 36.8 Å². The largest absolute Gasteiger partial charge is 0.474 e. The highest BCUT2D eigenvalue weighted by molar-refractivity contribution is 7.85. The molecular weight excluding hydrogens is 442 g/mol. The predicted molar refractivity (Wildman–Crippen MR) is 126 cm³/mol. The van der Waals surface area contributed by atoms with Gasteiger partial charge in [-0.3, -0.25) is 9.17 Å². The number of nitrogens with zero attached hydrogens (tertiary/aromatic N) is 3. The van der Waals surface area contributed by atoms with Crippen LogP contribution in [0.4, 0.5) is 0 Å². The molecule has 1 aromatic carbocycles. The van der Waals surface area contributed by atoms with Gasteiger partial charge in [-0.2, -0.15) is 8.42 Å². The summed E-state index contributed by atoms with van der Waals surface area (Å²) in [5.41, 5.74) is 4.42. The molecule has 0 N–H and O–H groups in total. The van der Waals surface area contributed by atoms with Gasteiger partial charge in [-0.15, -0.1) is 0 Å².